The highest BCUT2D eigenvalue weighted by molar-refractivity contribution is 5.34. The second-order valence-corrected chi connectivity index (χ2v) is 6.60. The van der Waals surface area contributed by atoms with Crippen molar-refractivity contribution in [2.24, 2.45) is 5.92 Å². The van der Waals surface area contributed by atoms with Gasteiger partial charge in [0.15, 0.2) is 0 Å². The van der Waals surface area contributed by atoms with Crippen LogP contribution >= 0.6 is 0 Å². The van der Waals surface area contributed by atoms with E-state index in [0.717, 1.165) is 18.4 Å². The summed E-state index contributed by atoms with van der Waals surface area (Å²) in [6.45, 7) is 7.96. The molecule has 0 saturated heterocycles. The van der Waals surface area contributed by atoms with E-state index in [4.69, 9.17) is 0 Å². The largest absolute Gasteiger partial charge is 0.310 e. The molecule has 1 aliphatic carbocycles. The van der Waals surface area contributed by atoms with Crippen molar-refractivity contribution in [2.75, 3.05) is 6.54 Å². The highest BCUT2D eigenvalue weighted by Gasteiger charge is 2.27. The molecule has 1 aromatic carbocycles. The molecule has 0 aromatic heterocycles. The average Bonchev–Trinajstić information content (AvgIpc) is 2.46. The van der Waals surface area contributed by atoms with Crippen LogP contribution < -0.4 is 5.32 Å². The maximum Gasteiger partial charge on any atom is 0.0351 e. The quantitative estimate of drug-likeness (QED) is 0.603. The van der Waals surface area contributed by atoms with Crippen molar-refractivity contribution >= 4 is 0 Å². The molecule has 1 aliphatic rings. The van der Waals surface area contributed by atoms with E-state index in [1.165, 1.54) is 44.9 Å². The first-order valence-electron chi connectivity index (χ1n) is 9.13. The van der Waals surface area contributed by atoms with Gasteiger partial charge in [-0.05, 0) is 48.8 Å². The summed E-state index contributed by atoms with van der Waals surface area (Å²) in [7, 11) is 0. The van der Waals surface area contributed by atoms with Crippen molar-refractivity contribution in [3.63, 3.8) is 0 Å². The fourth-order valence-corrected chi connectivity index (χ4v) is 3.71. The highest BCUT2D eigenvalue weighted by atomic mass is 14.9. The first-order valence-corrected chi connectivity index (χ1v) is 9.13. The second-order valence-electron chi connectivity index (χ2n) is 6.60. The Bertz CT molecular complexity index is 408. The fraction of sp³-hybridized carbons (Fsp3) is 0.700. The van der Waals surface area contributed by atoms with Crippen LogP contribution in [-0.2, 0) is 0 Å². The zero-order valence-electron chi connectivity index (χ0n) is 14.2. The lowest BCUT2D eigenvalue weighted by atomic mass is 9.75. The molecule has 2 atom stereocenters. The summed E-state index contributed by atoms with van der Waals surface area (Å²) in [4.78, 5) is 0. The van der Waals surface area contributed by atoms with E-state index in [1.54, 1.807) is 11.1 Å². The van der Waals surface area contributed by atoms with Gasteiger partial charge < -0.3 is 5.32 Å². The van der Waals surface area contributed by atoms with Crippen molar-refractivity contribution in [1.29, 1.82) is 0 Å². The molecule has 2 rings (SSSR count). The predicted molar refractivity (Wildman–Crippen MR) is 92.8 cm³/mol. The topological polar surface area (TPSA) is 12.0 Å². The maximum atomic E-state index is 3.80. The molecular weight excluding hydrogens is 254 g/mol. The lowest BCUT2D eigenvalue weighted by molar-refractivity contribution is 0.321. The van der Waals surface area contributed by atoms with Crippen LogP contribution in [0, 0.1) is 5.92 Å². The summed E-state index contributed by atoms with van der Waals surface area (Å²) in [6.07, 6.45) is 9.48. The minimum atomic E-state index is 0.545. The van der Waals surface area contributed by atoms with Crippen LogP contribution in [0.3, 0.4) is 0 Å². The first-order chi connectivity index (χ1) is 10.3. The zero-order valence-corrected chi connectivity index (χ0v) is 14.2. The Morgan fingerprint density at radius 2 is 1.90 bits per heavy atom. The van der Waals surface area contributed by atoms with Crippen LogP contribution in [0.15, 0.2) is 24.3 Å². The molecule has 21 heavy (non-hydrogen) atoms. The molecule has 118 valence electrons. The van der Waals surface area contributed by atoms with Gasteiger partial charge in [-0.25, -0.2) is 0 Å². The Morgan fingerprint density at radius 3 is 2.48 bits per heavy atom. The van der Waals surface area contributed by atoms with Gasteiger partial charge in [0.25, 0.3) is 0 Å². The Morgan fingerprint density at radius 1 is 1.14 bits per heavy atom. The van der Waals surface area contributed by atoms with Gasteiger partial charge in [-0.15, -0.1) is 0 Å². The molecule has 0 radical (unpaired) electrons. The fourth-order valence-electron chi connectivity index (χ4n) is 3.71. The molecule has 0 aliphatic heterocycles. The summed E-state index contributed by atoms with van der Waals surface area (Å²) >= 11 is 0. The van der Waals surface area contributed by atoms with Gasteiger partial charge in [0.2, 0.25) is 0 Å². The van der Waals surface area contributed by atoms with Gasteiger partial charge >= 0.3 is 0 Å². The van der Waals surface area contributed by atoms with Gasteiger partial charge in [0, 0.05) is 6.04 Å². The molecule has 0 amide bonds. The molecular formula is C20H33N. The Kier molecular flexibility index (Phi) is 6.76. The normalized spacial score (nSPS) is 18.2. The smallest absolute Gasteiger partial charge is 0.0351 e. The Balaban J connectivity index is 2.23. The van der Waals surface area contributed by atoms with Crippen LogP contribution in [-0.4, -0.2) is 6.54 Å². The van der Waals surface area contributed by atoms with Crippen LogP contribution in [0.2, 0.25) is 0 Å². The molecule has 1 N–H and O–H groups in total. The van der Waals surface area contributed by atoms with E-state index in [2.05, 4.69) is 50.4 Å². The Hall–Kier alpha value is -0.820. The predicted octanol–water partition coefficient (Wildman–Crippen LogP) is 5.82. The van der Waals surface area contributed by atoms with Crippen LogP contribution in [0.25, 0.3) is 0 Å². The van der Waals surface area contributed by atoms with Crippen LogP contribution in [0.4, 0.5) is 0 Å². The SMILES string of the molecule is CCCCC(CC)C(NCC)c1ccccc1C1CCC1. The third-order valence-corrected chi connectivity index (χ3v) is 5.22. The monoisotopic (exact) mass is 287 g/mol. The third kappa shape index (κ3) is 4.10. The minimum Gasteiger partial charge on any atom is -0.310 e. The van der Waals surface area contributed by atoms with E-state index in [9.17, 15) is 0 Å². The molecule has 1 aromatic rings. The van der Waals surface area contributed by atoms with Gasteiger partial charge in [0.05, 0.1) is 0 Å². The Labute approximate surface area is 131 Å². The second kappa shape index (κ2) is 8.58. The molecule has 1 nitrogen and oxygen atoms in total. The summed E-state index contributed by atoms with van der Waals surface area (Å²) in [5.74, 6) is 1.59. The number of benzene rings is 1. The van der Waals surface area contributed by atoms with Crippen LogP contribution in [0.1, 0.15) is 88.8 Å². The molecule has 0 bridgehead atoms. The zero-order chi connectivity index (χ0) is 15.1. The third-order valence-electron chi connectivity index (χ3n) is 5.22. The van der Waals surface area contributed by atoms with E-state index in [1.807, 2.05) is 0 Å². The van der Waals surface area contributed by atoms with Gasteiger partial charge in [-0.3, -0.25) is 0 Å². The lowest BCUT2D eigenvalue weighted by Gasteiger charge is -2.34. The van der Waals surface area contributed by atoms with Crippen molar-refractivity contribution in [3.8, 4) is 0 Å². The molecule has 1 saturated carbocycles. The van der Waals surface area contributed by atoms with E-state index in [-0.39, 0.29) is 0 Å². The van der Waals surface area contributed by atoms with Gasteiger partial charge in [-0.1, -0.05) is 70.7 Å². The van der Waals surface area contributed by atoms with E-state index >= 15 is 0 Å². The molecule has 1 fully saturated rings. The average molecular weight is 287 g/mol. The van der Waals surface area contributed by atoms with Crippen molar-refractivity contribution in [2.45, 2.75) is 77.7 Å². The number of unbranched alkanes of at least 4 members (excludes halogenated alkanes) is 1. The molecule has 1 heteroatoms. The van der Waals surface area contributed by atoms with E-state index < -0.39 is 0 Å². The molecule has 0 spiro atoms. The first kappa shape index (κ1) is 16.5. The van der Waals surface area contributed by atoms with Gasteiger partial charge in [-0.2, -0.15) is 0 Å². The highest BCUT2D eigenvalue weighted by Crippen LogP contribution is 2.41. The van der Waals surface area contributed by atoms with Crippen molar-refractivity contribution < 1.29 is 0 Å². The molecule has 2 unspecified atom stereocenters. The number of hydrogen-bond donors (Lipinski definition) is 1. The standard InChI is InChI=1S/C20H33N/c1-4-7-11-16(5-2)20(21-6-3)19-15-9-8-14-18(19)17-12-10-13-17/h8-9,14-17,20-21H,4-7,10-13H2,1-3H3. The van der Waals surface area contributed by atoms with Crippen molar-refractivity contribution in [3.05, 3.63) is 35.4 Å². The summed E-state index contributed by atoms with van der Waals surface area (Å²) in [6, 6.07) is 9.77. The number of nitrogens with one attached hydrogen (secondary N) is 1. The maximum absolute atomic E-state index is 3.80. The summed E-state index contributed by atoms with van der Waals surface area (Å²) < 4.78 is 0. The molecule has 0 heterocycles. The van der Waals surface area contributed by atoms with E-state index in [0.29, 0.717) is 6.04 Å². The van der Waals surface area contributed by atoms with Gasteiger partial charge in [0.1, 0.15) is 0 Å². The number of hydrogen-bond acceptors (Lipinski definition) is 1. The summed E-state index contributed by atoms with van der Waals surface area (Å²) in [5, 5.41) is 3.80. The van der Waals surface area contributed by atoms with Crippen molar-refractivity contribution in [1.82, 2.24) is 5.32 Å². The minimum absolute atomic E-state index is 0.545. The summed E-state index contributed by atoms with van der Waals surface area (Å²) in [5.41, 5.74) is 3.22. The van der Waals surface area contributed by atoms with Crippen LogP contribution in [0.5, 0.6) is 0 Å². The number of rotatable bonds is 9. The lowest BCUT2D eigenvalue weighted by Crippen LogP contribution is -2.30.